The van der Waals surface area contributed by atoms with Crippen LogP contribution < -0.4 is 10.1 Å². The van der Waals surface area contributed by atoms with Gasteiger partial charge in [-0.3, -0.25) is 4.79 Å². The molecule has 0 saturated carbocycles. The zero-order valence-electron chi connectivity index (χ0n) is 14.9. The van der Waals surface area contributed by atoms with Crippen LogP contribution in [0.15, 0.2) is 42.5 Å². The van der Waals surface area contributed by atoms with E-state index in [1.54, 1.807) is 18.2 Å². The van der Waals surface area contributed by atoms with Gasteiger partial charge >= 0.3 is 6.36 Å². The molecule has 1 unspecified atom stereocenters. The summed E-state index contributed by atoms with van der Waals surface area (Å²) in [6, 6.07) is 11.3. The Bertz CT molecular complexity index is 1090. The van der Waals surface area contributed by atoms with Gasteiger partial charge in [0.15, 0.2) is 0 Å². The first-order valence-corrected chi connectivity index (χ1v) is 8.55. The number of rotatable bonds is 5. The Morgan fingerprint density at radius 3 is 2.48 bits per heavy atom. The number of hydrogen-bond acceptors (Lipinski definition) is 5. The number of amides is 1. The van der Waals surface area contributed by atoms with Crippen LogP contribution in [-0.2, 0) is 6.54 Å². The number of nitriles is 1. The number of hydrogen-bond donors (Lipinski definition) is 1. The fraction of sp³-hybridized carbons (Fsp3) is 0.222. The standard InChI is InChI=1S/C18H13ClF3N5O2/c1-17(9-23,10-27-25-14-7-4-12(19)8-15(14)26-27)24-16(28)11-2-5-13(6-3-11)29-18(20,21)22/h2-8H,10H2,1H3,(H,24,28). The average Bonchev–Trinajstić information content (AvgIpc) is 3.01. The highest BCUT2D eigenvalue weighted by Crippen LogP contribution is 2.23. The number of benzene rings is 2. The summed E-state index contributed by atoms with van der Waals surface area (Å²) in [4.78, 5) is 13.7. The van der Waals surface area contributed by atoms with Crippen LogP contribution in [0.2, 0.25) is 5.02 Å². The van der Waals surface area contributed by atoms with E-state index in [1.807, 2.05) is 6.07 Å². The van der Waals surface area contributed by atoms with E-state index in [0.717, 1.165) is 24.3 Å². The van der Waals surface area contributed by atoms with Gasteiger partial charge in [0.1, 0.15) is 22.3 Å². The van der Waals surface area contributed by atoms with Crippen LogP contribution in [0.25, 0.3) is 11.0 Å². The Balaban J connectivity index is 1.73. The van der Waals surface area contributed by atoms with Gasteiger partial charge in [-0.15, -0.1) is 13.2 Å². The molecule has 0 aliphatic carbocycles. The molecule has 1 atom stereocenters. The predicted octanol–water partition coefficient (Wildman–Crippen LogP) is 3.70. The molecule has 0 aliphatic rings. The average molecular weight is 424 g/mol. The van der Waals surface area contributed by atoms with Crippen molar-refractivity contribution in [2.45, 2.75) is 25.4 Å². The molecule has 0 saturated heterocycles. The minimum absolute atomic E-state index is 0.0587. The number of alkyl halides is 3. The van der Waals surface area contributed by atoms with Gasteiger partial charge < -0.3 is 10.1 Å². The van der Waals surface area contributed by atoms with Crippen molar-refractivity contribution in [3.05, 3.63) is 53.1 Å². The summed E-state index contributed by atoms with van der Waals surface area (Å²) in [5.41, 5.74) is -0.214. The van der Waals surface area contributed by atoms with E-state index in [-0.39, 0.29) is 12.1 Å². The van der Waals surface area contributed by atoms with E-state index in [4.69, 9.17) is 11.6 Å². The van der Waals surface area contributed by atoms with Crippen LogP contribution in [0.1, 0.15) is 17.3 Å². The molecule has 0 fully saturated rings. The van der Waals surface area contributed by atoms with Crippen molar-refractivity contribution in [1.82, 2.24) is 20.3 Å². The van der Waals surface area contributed by atoms with E-state index < -0.39 is 23.6 Å². The molecule has 3 rings (SSSR count). The minimum Gasteiger partial charge on any atom is -0.406 e. The molecule has 0 spiro atoms. The maximum atomic E-state index is 12.4. The Kier molecular flexibility index (Phi) is 5.35. The highest BCUT2D eigenvalue weighted by atomic mass is 35.5. The molecule has 7 nitrogen and oxygen atoms in total. The number of ether oxygens (including phenoxy) is 1. The van der Waals surface area contributed by atoms with Crippen LogP contribution in [0.4, 0.5) is 13.2 Å². The molecule has 0 bridgehead atoms. The van der Waals surface area contributed by atoms with Crippen molar-refractivity contribution >= 4 is 28.5 Å². The Labute approximate surface area is 167 Å². The normalized spacial score (nSPS) is 13.5. The van der Waals surface area contributed by atoms with E-state index in [0.29, 0.717) is 16.1 Å². The zero-order valence-corrected chi connectivity index (χ0v) is 15.6. The van der Waals surface area contributed by atoms with Crippen molar-refractivity contribution in [2.75, 3.05) is 0 Å². The second-order valence-corrected chi connectivity index (χ2v) is 6.77. The van der Waals surface area contributed by atoms with E-state index in [2.05, 4.69) is 20.3 Å². The van der Waals surface area contributed by atoms with Crippen LogP contribution in [-0.4, -0.2) is 32.8 Å². The molecule has 2 aromatic carbocycles. The maximum absolute atomic E-state index is 12.4. The third-order valence-electron chi connectivity index (χ3n) is 3.83. The number of nitrogens with one attached hydrogen (secondary N) is 1. The molecule has 3 aromatic rings. The Hall–Kier alpha value is -3.32. The number of carbonyl (C=O) groups is 1. The van der Waals surface area contributed by atoms with Crippen molar-refractivity contribution in [3.63, 3.8) is 0 Å². The molecular formula is C18H13ClF3N5O2. The molecule has 1 N–H and O–H groups in total. The summed E-state index contributed by atoms with van der Waals surface area (Å²) in [6.45, 7) is 1.42. The summed E-state index contributed by atoms with van der Waals surface area (Å²) >= 11 is 5.91. The van der Waals surface area contributed by atoms with Gasteiger partial charge in [0.2, 0.25) is 0 Å². The lowest BCUT2D eigenvalue weighted by Crippen LogP contribution is -2.48. The Morgan fingerprint density at radius 2 is 1.86 bits per heavy atom. The zero-order chi connectivity index (χ0) is 21.2. The fourth-order valence-corrected chi connectivity index (χ4v) is 2.69. The number of halogens is 4. The lowest BCUT2D eigenvalue weighted by atomic mass is 10.0. The quantitative estimate of drug-likeness (QED) is 0.675. The largest absolute Gasteiger partial charge is 0.573 e. The molecule has 1 heterocycles. The van der Waals surface area contributed by atoms with E-state index in [9.17, 15) is 23.2 Å². The topological polar surface area (TPSA) is 92.8 Å². The van der Waals surface area contributed by atoms with Gasteiger partial charge in [-0.25, -0.2) is 0 Å². The van der Waals surface area contributed by atoms with Crippen LogP contribution >= 0.6 is 11.6 Å². The summed E-state index contributed by atoms with van der Waals surface area (Å²) in [5, 5.41) is 21.0. The summed E-state index contributed by atoms with van der Waals surface area (Å²) in [7, 11) is 0. The smallest absolute Gasteiger partial charge is 0.406 e. The number of fused-ring (bicyclic) bond motifs is 1. The first-order chi connectivity index (χ1) is 13.6. The van der Waals surface area contributed by atoms with Gasteiger partial charge in [-0.1, -0.05) is 11.6 Å². The summed E-state index contributed by atoms with van der Waals surface area (Å²) in [5.74, 6) is -1.10. The predicted molar refractivity (Wildman–Crippen MR) is 97.1 cm³/mol. The molecule has 1 aromatic heterocycles. The van der Waals surface area contributed by atoms with E-state index in [1.165, 1.54) is 11.7 Å². The highest BCUT2D eigenvalue weighted by molar-refractivity contribution is 6.31. The van der Waals surface area contributed by atoms with Crippen molar-refractivity contribution < 1.29 is 22.7 Å². The Morgan fingerprint density at radius 1 is 1.21 bits per heavy atom. The third kappa shape index (κ3) is 5.14. The second-order valence-electron chi connectivity index (χ2n) is 6.33. The minimum atomic E-state index is -4.83. The van der Waals surface area contributed by atoms with Crippen LogP contribution in [0.3, 0.4) is 0 Å². The first kappa shape index (κ1) is 20.4. The first-order valence-electron chi connectivity index (χ1n) is 8.17. The molecule has 11 heteroatoms. The number of aromatic nitrogens is 3. The third-order valence-corrected chi connectivity index (χ3v) is 4.06. The van der Waals surface area contributed by atoms with Crippen molar-refractivity contribution in [3.8, 4) is 11.8 Å². The fourth-order valence-electron chi connectivity index (χ4n) is 2.52. The van der Waals surface area contributed by atoms with Gasteiger partial charge in [-0.2, -0.15) is 20.3 Å². The number of nitrogens with zero attached hydrogens (tertiary/aromatic N) is 4. The monoisotopic (exact) mass is 423 g/mol. The van der Waals surface area contributed by atoms with Gasteiger partial charge in [-0.05, 0) is 49.4 Å². The van der Waals surface area contributed by atoms with Gasteiger partial charge in [0, 0.05) is 10.6 Å². The lowest BCUT2D eigenvalue weighted by molar-refractivity contribution is -0.274. The van der Waals surface area contributed by atoms with Gasteiger partial charge in [0.25, 0.3) is 5.91 Å². The van der Waals surface area contributed by atoms with E-state index >= 15 is 0 Å². The summed E-state index contributed by atoms with van der Waals surface area (Å²) in [6.07, 6.45) is -4.83. The second kappa shape index (κ2) is 7.60. The molecule has 29 heavy (non-hydrogen) atoms. The SMILES string of the molecule is CC(C#N)(Cn1nc2ccc(Cl)cc2n1)NC(=O)c1ccc(OC(F)(F)F)cc1. The van der Waals surface area contributed by atoms with Crippen LogP contribution in [0, 0.1) is 11.3 Å². The molecule has 0 radical (unpaired) electrons. The molecular weight excluding hydrogens is 411 g/mol. The number of carbonyl (C=O) groups excluding carboxylic acids is 1. The lowest BCUT2D eigenvalue weighted by Gasteiger charge is -2.22. The van der Waals surface area contributed by atoms with Crippen molar-refractivity contribution in [1.29, 1.82) is 5.26 Å². The molecule has 1 amide bonds. The van der Waals surface area contributed by atoms with Gasteiger partial charge in [0.05, 0.1) is 12.6 Å². The highest BCUT2D eigenvalue weighted by Gasteiger charge is 2.31. The molecule has 0 aliphatic heterocycles. The maximum Gasteiger partial charge on any atom is 0.573 e. The van der Waals surface area contributed by atoms with Crippen LogP contribution in [0.5, 0.6) is 5.75 Å². The molecule has 150 valence electrons. The van der Waals surface area contributed by atoms with Crippen molar-refractivity contribution in [2.24, 2.45) is 0 Å². The summed E-state index contributed by atoms with van der Waals surface area (Å²) < 4.78 is 40.4.